The number of nitrogens with one attached hydrogen (secondary N) is 2. The monoisotopic (exact) mass is 449 g/mol. The third-order valence-corrected chi connectivity index (χ3v) is 7.09. The van der Waals surface area contributed by atoms with E-state index in [2.05, 4.69) is 10.7 Å². The highest BCUT2D eigenvalue weighted by Crippen LogP contribution is 2.37. The quantitative estimate of drug-likeness (QED) is 0.567. The number of phenols is 1. The number of hydrazine groups is 1. The van der Waals surface area contributed by atoms with Gasteiger partial charge in [0.05, 0.1) is 6.04 Å². The van der Waals surface area contributed by atoms with Crippen LogP contribution in [-0.2, 0) is 21.2 Å². The molecule has 9 heteroatoms. The first-order chi connectivity index (χ1) is 15.3. The average Bonchev–Trinajstić information content (AvgIpc) is 2.98. The van der Waals surface area contributed by atoms with Gasteiger partial charge in [-0.1, -0.05) is 48.5 Å². The lowest BCUT2D eigenvalue weighted by atomic mass is 9.91. The van der Waals surface area contributed by atoms with Crippen LogP contribution in [0.25, 0.3) is 11.1 Å². The standard InChI is InChI=1S/C23H19N3O5S/c27-21-12-14(9-10-20(21)26-25-22(28)13-32(26,30)31)11-19-17-7-3-1-5-15(17)16-6-2-4-8-18(16)23(29)24-19/h1-10,12,19,27H,11,13H2,(H,24,29)(H,25,28)/t19-/m0/s1. The second-order valence-electron chi connectivity index (χ2n) is 7.74. The number of hydrogen-bond acceptors (Lipinski definition) is 5. The fourth-order valence-corrected chi connectivity index (χ4v) is 5.42. The van der Waals surface area contributed by atoms with Gasteiger partial charge in [0, 0.05) is 5.56 Å². The summed E-state index contributed by atoms with van der Waals surface area (Å²) in [4.78, 5) is 24.4. The van der Waals surface area contributed by atoms with Gasteiger partial charge < -0.3 is 10.4 Å². The molecule has 2 heterocycles. The Hall–Kier alpha value is -3.85. The smallest absolute Gasteiger partial charge is 0.261 e. The summed E-state index contributed by atoms with van der Waals surface area (Å²) < 4.78 is 24.9. The molecule has 3 N–H and O–H groups in total. The highest BCUT2D eigenvalue weighted by atomic mass is 32.2. The second-order valence-corrected chi connectivity index (χ2v) is 9.56. The molecule has 1 saturated heterocycles. The molecule has 3 aromatic rings. The Kier molecular flexibility index (Phi) is 4.63. The predicted molar refractivity (Wildman–Crippen MR) is 118 cm³/mol. The fraction of sp³-hybridized carbons (Fsp3) is 0.130. The number of rotatable bonds is 3. The van der Waals surface area contributed by atoms with Gasteiger partial charge in [0.15, 0.2) is 5.75 Å². The zero-order chi connectivity index (χ0) is 22.5. The Bertz CT molecular complexity index is 1370. The minimum atomic E-state index is -3.88. The molecule has 8 nitrogen and oxygen atoms in total. The third-order valence-electron chi connectivity index (χ3n) is 5.62. The van der Waals surface area contributed by atoms with Crippen LogP contribution in [0.4, 0.5) is 5.69 Å². The van der Waals surface area contributed by atoms with Crippen molar-refractivity contribution in [2.75, 3.05) is 10.2 Å². The number of benzene rings is 3. The predicted octanol–water partition coefficient (Wildman–Crippen LogP) is 2.27. The molecule has 2 amide bonds. The lowest BCUT2D eigenvalue weighted by Gasteiger charge is -2.21. The summed E-state index contributed by atoms with van der Waals surface area (Å²) in [7, 11) is -3.88. The van der Waals surface area contributed by atoms with Crippen LogP contribution >= 0.6 is 0 Å². The number of anilines is 1. The molecular weight excluding hydrogens is 430 g/mol. The van der Waals surface area contributed by atoms with Gasteiger partial charge >= 0.3 is 0 Å². The fourth-order valence-electron chi connectivity index (χ4n) is 4.20. The summed E-state index contributed by atoms with van der Waals surface area (Å²) in [5.74, 6) is -1.80. The molecule has 0 unspecified atom stereocenters. The minimum absolute atomic E-state index is 0.0303. The molecule has 1 fully saturated rings. The van der Waals surface area contributed by atoms with Crippen molar-refractivity contribution in [1.82, 2.24) is 10.7 Å². The SMILES string of the molecule is O=C1CS(=O)(=O)N(c2ccc(C[C@@H]3NC(=O)c4ccccc4-c4ccccc43)cc2O)N1. The molecule has 162 valence electrons. The molecule has 32 heavy (non-hydrogen) atoms. The Morgan fingerprint density at radius 2 is 1.62 bits per heavy atom. The third kappa shape index (κ3) is 3.36. The van der Waals surface area contributed by atoms with Crippen molar-refractivity contribution in [3.8, 4) is 16.9 Å². The first-order valence-electron chi connectivity index (χ1n) is 9.97. The van der Waals surface area contributed by atoms with E-state index in [-0.39, 0.29) is 23.4 Å². The largest absolute Gasteiger partial charge is 0.506 e. The summed E-state index contributed by atoms with van der Waals surface area (Å²) >= 11 is 0. The van der Waals surface area contributed by atoms with E-state index in [1.807, 2.05) is 42.5 Å². The number of sulfonamides is 1. The number of carbonyl (C=O) groups is 2. The zero-order valence-corrected chi connectivity index (χ0v) is 17.6. The normalized spacial score (nSPS) is 18.9. The number of phenolic OH excluding ortho intramolecular Hbond substituents is 1. The molecule has 0 spiro atoms. The first-order valence-corrected chi connectivity index (χ1v) is 11.6. The van der Waals surface area contributed by atoms with Crippen LogP contribution in [0.2, 0.25) is 0 Å². The van der Waals surface area contributed by atoms with Crippen LogP contribution in [0.1, 0.15) is 27.5 Å². The van der Waals surface area contributed by atoms with Gasteiger partial charge in [0.25, 0.3) is 21.8 Å². The topological polar surface area (TPSA) is 116 Å². The number of nitrogens with zero attached hydrogens (tertiary/aromatic N) is 1. The van der Waals surface area contributed by atoms with E-state index in [1.54, 1.807) is 12.1 Å². The summed E-state index contributed by atoms with van der Waals surface area (Å²) in [5, 5.41) is 13.6. The van der Waals surface area contributed by atoms with E-state index in [0.29, 0.717) is 22.0 Å². The van der Waals surface area contributed by atoms with Crippen LogP contribution in [0.5, 0.6) is 5.75 Å². The number of amides is 2. The maximum absolute atomic E-state index is 12.9. The van der Waals surface area contributed by atoms with E-state index >= 15 is 0 Å². The minimum Gasteiger partial charge on any atom is -0.506 e. The molecule has 1 atom stereocenters. The molecule has 0 aromatic heterocycles. The number of hydrogen-bond donors (Lipinski definition) is 3. The van der Waals surface area contributed by atoms with E-state index in [1.165, 1.54) is 12.1 Å². The Balaban J connectivity index is 1.49. The van der Waals surface area contributed by atoms with E-state index in [0.717, 1.165) is 16.7 Å². The van der Waals surface area contributed by atoms with E-state index < -0.39 is 21.7 Å². The highest BCUT2D eigenvalue weighted by molar-refractivity contribution is 7.93. The molecule has 5 rings (SSSR count). The maximum Gasteiger partial charge on any atom is 0.261 e. The van der Waals surface area contributed by atoms with Crippen molar-refractivity contribution in [3.63, 3.8) is 0 Å². The van der Waals surface area contributed by atoms with Crippen molar-refractivity contribution in [2.45, 2.75) is 12.5 Å². The van der Waals surface area contributed by atoms with Crippen molar-refractivity contribution < 1.29 is 23.1 Å². The average molecular weight is 449 g/mol. The van der Waals surface area contributed by atoms with Crippen LogP contribution in [-0.4, -0.2) is 31.1 Å². The van der Waals surface area contributed by atoms with Crippen LogP contribution in [0, 0.1) is 0 Å². The van der Waals surface area contributed by atoms with Gasteiger partial charge in [-0.15, -0.1) is 0 Å². The maximum atomic E-state index is 12.9. The van der Waals surface area contributed by atoms with Crippen molar-refractivity contribution in [3.05, 3.63) is 83.4 Å². The number of aromatic hydroxyl groups is 1. The van der Waals surface area contributed by atoms with Gasteiger partial charge in [0.2, 0.25) is 0 Å². The zero-order valence-electron chi connectivity index (χ0n) is 16.8. The summed E-state index contributed by atoms with van der Waals surface area (Å²) in [6.45, 7) is 0. The first kappa shape index (κ1) is 20.1. The van der Waals surface area contributed by atoms with Crippen LogP contribution < -0.4 is 15.2 Å². The van der Waals surface area contributed by atoms with E-state index in [4.69, 9.17) is 0 Å². The molecule has 2 aliphatic rings. The number of fused-ring (bicyclic) bond motifs is 3. The van der Waals surface area contributed by atoms with Crippen molar-refractivity contribution in [1.29, 1.82) is 0 Å². The summed E-state index contributed by atoms with van der Waals surface area (Å²) in [6.07, 6.45) is 0.379. The molecule has 2 aliphatic heterocycles. The van der Waals surface area contributed by atoms with Gasteiger partial charge in [0.1, 0.15) is 11.4 Å². The Morgan fingerprint density at radius 1 is 0.938 bits per heavy atom. The van der Waals surface area contributed by atoms with Crippen LogP contribution in [0.3, 0.4) is 0 Å². The number of carbonyl (C=O) groups excluding carboxylic acids is 2. The van der Waals surface area contributed by atoms with E-state index in [9.17, 15) is 23.1 Å². The van der Waals surface area contributed by atoms with Gasteiger partial charge in [-0.3, -0.25) is 15.0 Å². The molecule has 0 saturated carbocycles. The summed E-state index contributed by atoms with van der Waals surface area (Å²) in [6, 6.07) is 19.4. The van der Waals surface area contributed by atoms with Crippen molar-refractivity contribution in [2.24, 2.45) is 0 Å². The molecular formula is C23H19N3O5S. The Labute approximate surface area is 184 Å². The van der Waals surface area contributed by atoms with Gasteiger partial charge in [-0.25, -0.2) is 8.42 Å². The van der Waals surface area contributed by atoms with Crippen molar-refractivity contribution >= 4 is 27.5 Å². The van der Waals surface area contributed by atoms with Crippen LogP contribution in [0.15, 0.2) is 66.7 Å². The molecule has 3 aromatic carbocycles. The second kappa shape index (κ2) is 7.38. The Morgan fingerprint density at radius 3 is 2.31 bits per heavy atom. The molecule has 0 radical (unpaired) electrons. The highest BCUT2D eigenvalue weighted by Gasteiger charge is 2.36. The lowest BCUT2D eigenvalue weighted by Crippen LogP contribution is -2.35. The van der Waals surface area contributed by atoms with Gasteiger partial charge in [-0.2, -0.15) is 4.41 Å². The summed E-state index contributed by atoms with van der Waals surface area (Å²) in [5.41, 5.74) is 6.25. The lowest BCUT2D eigenvalue weighted by molar-refractivity contribution is -0.117. The van der Waals surface area contributed by atoms with Gasteiger partial charge in [-0.05, 0) is 46.9 Å². The molecule has 0 bridgehead atoms. The molecule has 0 aliphatic carbocycles.